The fraction of sp³-hybridized carbons (Fsp3) is 0.349. The molecule has 2 aromatic carbocycles. The third-order valence-corrected chi connectivity index (χ3v) is 11.2. The van der Waals surface area contributed by atoms with Crippen molar-refractivity contribution in [2.75, 3.05) is 39.7 Å². The second-order valence-corrected chi connectivity index (χ2v) is 15.7. The largest absolute Gasteiger partial charge is 0.495 e. The summed E-state index contributed by atoms with van der Waals surface area (Å²) in [6.45, 7) is 7.79. The van der Waals surface area contributed by atoms with Crippen LogP contribution in [0.3, 0.4) is 0 Å². The Morgan fingerprint density at radius 3 is 2.31 bits per heavy atom. The van der Waals surface area contributed by atoms with Crippen molar-refractivity contribution in [2.24, 2.45) is 11.5 Å². The summed E-state index contributed by atoms with van der Waals surface area (Å²) >= 11 is 1.61. The van der Waals surface area contributed by atoms with Gasteiger partial charge in [-0.05, 0) is 70.5 Å². The average molecular weight is 848 g/mol. The maximum absolute atomic E-state index is 12.3. The summed E-state index contributed by atoms with van der Waals surface area (Å²) < 4.78 is 21.0. The predicted molar refractivity (Wildman–Crippen MR) is 235 cm³/mol. The number of aromatic nitrogens is 7. The summed E-state index contributed by atoms with van der Waals surface area (Å²) in [7, 11) is 5.26. The number of ether oxygens (including phenoxy) is 2. The van der Waals surface area contributed by atoms with Crippen LogP contribution in [-0.4, -0.2) is 86.5 Å². The Morgan fingerprint density at radius 1 is 0.951 bits per heavy atom. The number of methoxy groups -OCH3 is 1. The first-order valence-corrected chi connectivity index (χ1v) is 20.8. The maximum Gasteiger partial charge on any atom is 0.248 e. The lowest BCUT2D eigenvalue weighted by molar-refractivity contribution is 0.0991. The monoisotopic (exact) mass is 847 g/mol. The molecule has 8 rings (SSSR count). The first-order chi connectivity index (χ1) is 29.5. The summed E-state index contributed by atoms with van der Waals surface area (Å²) in [6.07, 6.45) is 10.4. The van der Waals surface area contributed by atoms with Gasteiger partial charge in [-0.2, -0.15) is 0 Å². The number of nitrogens with one attached hydrogen (secondary N) is 2. The van der Waals surface area contributed by atoms with Gasteiger partial charge in [0.25, 0.3) is 0 Å². The van der Waals surface area contributed by atoms with Crippen molar-refractivity contribution < 1.29 is 28.3 Å². The topological polar surface area (TPSA) is 233 Å². The van der Waals surface area contributed by atoms with E-state index in [-0.39, 0.29) is 0 Å². The Bertz CT molecular complexity index is 2800. The van der Waals surface area contributed by atoms with Gasteiger partial charge in [-0.1, -0.05) is 19.1 Å². The smallest absolute Gasteiger partial charge is 0.248 e. The fourth-order valence-electron chi connectivity index (χ4n) is 7.26. The third-order valence-electron chi connectivity index (χ3n) is 10.3. The van der Waals surface area contributed by atoms with E-state index in [9.17, 15) is 14.4 Å². The van der Waals surface area contributed by atoms with Gasteiger partial charge >= 0.3 is 0 Å². The summed E-state index contributed by atoms with van der Waals surface area (Å²) in [5.41, 5.74) is 16.7. The Hall–Kier alpha value is -6.66. The number of hydrogen-bond acceptors (Lipinski definition) is 14. The number of carbonyl (C=O) groups is 3. The van der Waals surface area contributed by atoms with E-state index in [1.165, 1.54) is 0 Å². The minimum absolute atomic E-state index is 0.327. The Balaban J connectivity index is 0.000000494. The van der Waals surface area contributed by atoms with Crippen LogP contribution in [0.1, 0.15) is 85.7 Å². The van der Waals surface area contributed by atoms with Crippen molar-refractivity contribution in [3.63, 3.8) is 0 Å². The van der Waals surface area contributed by atoms with Crippen LogP contribution in [0, 0.1) is 13.8 Å². The highest BCUT2D eigenvalue weighted by Gasteiger charge is 2.31. The molecule has 0 aliphatic heterocycles. The van der Waals surface area contributed by atoms with Crippen molar-refractivity contribution in [3.05, 3.63) is 81.8 Å². The molecule has 17 nitrogen and oxygen atoms in total. The number of nitrogens with zero attached hydrogens (tertiary/aromatic N) is 7. The van der Waals surface area contributed by atoms with Gasteiger partial charge in [-0.3, -0.25) is 14.4 Å². The lowest BCUT2D eigenvalue weighted by Gasteiger charge is -2.12. The number of aldehydes is 1. The van der Waals surface area contributed by atoms with E-state index in [1.54, 1.807) is 56.7 Å². The van der Waals surface area contributed by atoms with Crippen LogP contribution in [0.25, 0.3) is 43.7 Å². The number of anilines is 1. The van der Waals surface area contributed by atoms with Gasteiger partial charge in [0.05, 0.1) is 46.0 Å². The molecule has 5 heterocycles. The molecular weight excluding hydrogens is 799 g/mol. The highest BCUT2D eigenvalue weighted by Crippen LogP contribution is 2.46. The van der Waals surface area contributed by atoms with Crippen LogP contribution in [-0.2, 0) is 19.5 Å². The predicted octanol–water partition coefficient (Wildman–Crippen LogP) is 6.09. The van der Waals surface area contributed by atoms with Crippen molar-refractivity contribution >= 4 is 68.4 Å². The summed E-state index contributed by atoms with van der Waals surface area (Å²) in [5.74, 6) is 2.52. The SMILES string of the molecule is CCc1nc(C)oc1C=O.CNCCCOc1cc(C(N)=O)cc2nc(NC)n(C/C=C/Cn3c4nc(-c5sc(C)nc5C5CC5)ncc4c4cc(C(N)=O)cc(OC)c43)c12. The van der Waals surface area contributed by atoms with Crippen molar-refractivity contribution in [2.45, 2.75) is 65.5 Å². The number of amides is 2. The van der Waals surface area contributed by atoms with Gasteiger partial charge in [0.1, 0.15) is 22.7 Å². The molecule has 18 heteroatoms. The zero-order chi connectivity index (χ0) is 43.4. The number of rotatable bonds is 17. The number of fused-ring (bicyclic) bond motifs is 4. The van der Waals surface area contributed by atoms with E-state index in [2.05, 4.69) is 20.2 Å². The number of carbonyl (C=O) groups excluding carboxylic acids is 3. The van der Waals surface area contributed by atoms with Crippen molar-refractivity contribution in [1.82, 2.24) is 39.4 Å². The standard InChI is InChI=1S/C36H40N10O4S.C7H9NO2/c1-19-42-28(20-8-9-20)31(51-19)34-41-18-24-23-14-21(32(37)47)16-26(49-4)29(23)45(35(24)44-34)11-5-6-12-46-30-25(43-36(46)40-3)15-22(33(38)48)17-27(30)50-13-7-10-39-2;1-3-6-7(4-9)10-5(2)8-6/h5-6,14-18,20,39H,7-13H2,1-4H3,(H2,37,47)(H2,38,48)(H,40,43);4H,3H2,1-2H3/b6-5+;. The highest BCUT2D eigenvalue weighted by molar-refractivity contribution is 7.15. The van der Waals surface area contributed by atoms with Crippen molar-refractivity contribution in [3.8, 4) is 22.2 Å². The Morgan fingerprint density at radius 2 is 1.67 bits per heavy atom. The van der Waals surface area contributed by atoms with E-state index in [4.69, 9.17) is 45.3 Å². The number of primary amides is 2. The minimum atomic E-state index is -0.553. The van der Waals surface area contributed by atoms with Crippen molar-refractivity contribution in [1.29, 1.82) is 0 Å². The molecule has 6 N–H and O–H groups in total. The summed E-state index contributed by atoms with van der Waals surface area (Å²) in [5, 5.41) is 8.81. The van der Waals surface area contributed by atoms with Gasteiger partial charge in [-0.25, -0.2) is 24.9 Å². The third kappa shape index (κ3) is 8.81. The first kappa shape index (κ1) is 42.5. The van der Waals surface area contributed by atoms with Crippen LogP contribution in [0.2, 0.25) is 0 Å². The number of nitrogens with two attached hydrogens (primary N) is 2. The Labute approximate surface area is 355 Å². The van der Waals surface area contributed by atoms with E-state index >= 15 is 0 Å². The Kier molecular flexibility index (Phi) is 12.7. The number of aryl methyl sites for hydroxylation is 3. The lowest BCUT2D eigenvalue weighted by atomic mass is 10.1. The molecule has 1 aliphatic rings. The maximum atomic E-state index is 12.3. The van der Waals surface area contributed by atoms with Gasteiger partial charge in [0.2, 0.25) is 17.8 Å². The molecule has 0 saturated heterocycles. The van der Waals surface area contributed by atoms with Gasteiger partial charge in [0, 0.05) is 61.1 Å². The van der Waals surface area contributed by atoms with Crippen LogP contribution in [0.15, 0.2) is 47.0 Å². The molecule has 7 aromatic rings. The van der Waals surface area contributed by atoms with Crippen LogP contribution in [0.4, 0.5) is 5.95 Å². The molecule has 1 aliphatic carbocycles. The zero-order valence-electron chi connectivity index (χ0n) is 35.0. The number of benzene rings is 2. The molecule has 1 fully saturated rings. The lowest BCUT2D eigenvalue weighted by Crippen LogP contribution is -2.13. The van der Waals surface area contributed by atoms with E-state index < -0.39 is 11.8 Å². The number of oxazole rings is 1. The van der Waals surface area contributed by atoms with E-state index in [0.29, 0.717) is 89.1 Å². The molecule has 5 aromatic heterocycles. The molecule has 0 unspecified atom stereocenters. The van der Waals surface area contributed by atoms with Crippen LogP contribution >= 0.6 is 11.3 Å². The molecule has 0 atom stereocenters. The molecule has 2 amide bonds. The average Bonchev–Trinajstić information content (AvgIpc) is 3.61. The normalized spacial score (nSPS) is 12.6. The number of hydrogen-bond donors (Lipinski definition) is 4. The van der Waals surface area contributed by atoms with Gasteiger partial charge in [0.15, 0.2) is 23.8 Å². The molecule has 0 radical (unpaired) electrons. The number of allylic oxidation sites excluding steroid dienone is 2. The molecule has 318 valence electrons. The first-order valence-electron chi connectivity index (χ1n) is 20.0. The molecule has 0 bridgehead atoms. The summed E-state index contributed by atoms with van der Waals surface area (Å²) in [4.78, 5) is 59.2. The highest BCUT2D eigenvalue weighted by atomic mass is 32.1. The minimum Gasteiger partial charge on any atom is -0.495 e. The molecule has 1 saturated carbocycles. The molecule has 61 heavy (non-hydrogen) atoms. The van der Waals surface area contributed by atoms with E-state index in [0.717, 1.165) is 75.3 Å². The number of thiazole rings is 1. The van der Waals surface area contributed by atoms with Crippen LogP contribution in [0.5, 0.6) is 11.5 Å². The second kappa shape index (κ2) is 18.3. The summed E-state index contributed by atoms with van der Waals surface area (Å²) in [6, 6.07) is 6.78. The molecule has 0 spiro atoms. The van der Waals surface area contributed by atoms with E-state index in [1.807, 2.05) is 43.8 Å². The number of imidazole rings is 1. The van der Waals surface area contributed by atoms with Crippen LogP contribution < -0.4 is 31.6 Å². The quantitative estimate of drug-likeness (QED) is 0.0462. The van der Waals surface area contributed by atoms with Gasteiger partial charge in [-0.15, -0.1) is 11.3 Å². The molecular formula is C43H49N11O6S. The van der Waals surface area contributed by atoms with Gasteiger partial charge < -0.3 is 45.1 Å². The zero-order valence-corrected chi connectivity index (χ0v) is 35.8. The second-order valence-electron chi connectivity index (χ2n) is 14.5. The fourth-order valence-corrected chi connectivity index (χ4v) is 8.21.